The maximum absolute atomic E-state index is 14.4. The second-order valence-corrected chi connectivity index (χ2v) is 12.1. The molecule has 1 N–H and O–H groups in total. The van der Waals surface area contributed by atoms with E-state index >= 15 is 0 Å². The van der Waals surface area contributed by atoms with Crippen LogP contribution in [-0.4, -0.2) is 81.7 Å². The monoisotopic (exact) mass is 535 g/mol. The lowest BCUT2D eigenvalue weighted by molar-refractivity contribution is -0.155. The molecule has 210 valence electrons. The predicted molar refractivity (Wildman–Crippen MR) is 149 cm³/mol. The normalized spacial score (nSPS) is 32.3. The summed E-state index contributed by atoms with van der Waals surface area (Å²) in [6, 6.07) is 8.65. The van der Waals surface area contributed by atoms with Crippen LogP contribution in [0.3, 0.4) is 0 Å². The summed E-state index contributed by atoms with van der Waals surface area (Å²) in [6.45, 7) is 9.22. The predicted octanol–water partition coefficient (Wildman–Crippen LogP) is 3.31. The van der Waals surface area contributed by atoms with Gasteiger partial charge in [0.05, 0.1) is 17.4 Å². The number of amides is 3. The molecule has 8 heteroatoms. The molecule has 4 aliphatic heterocycles. The number of benzene rings is 1. The molecule has 1 aromatic rings. The molecule has 1 unspecified atom stereocenters. The van der Waals surface area contributed by atoms with E-state index in [2.05, 4.69) is 0 Å². The third-order valence-electron chi connectivity index (χ3n) is 8.87. The highest BCUT2D eigenvalue weighted by Gasteiger charge is 2.75. The van der Waals surface area contributed by atoms with Crippen LogP contribution in [0.2, 0.25) is 0 Å². The molecule has 0 bridgehead atoms. The van der Waals surface area contributed by atoms with Crippen molar-refractivity contribution in [2.24, 2.45) is 11.8 Å². The highest BCUT2D eigenvalue weighted by molar-refractivity contribution is 6.04. The number of unbranched alkanes of at least 4 members (excludes halogenated alkanes) is 2. The quantitative estimate of drug-likeness (QED) is 0.427. The van der Waals surface area contributed by atoms with Crippen molar-refractivity contribution in [3.63, 3.8) is 0 Å². The molecule has 1 spiro atoms. The molecule has 1 aromatic carbocycles. The number of carbonyl (C=O) groups excluding carboxylic acids is 3. The van der Waals surface area contributed by atoms with Gasteiger partial charge in [0.15, 0.2) is 0 Å². The molecule has 8 nitrogen and oxygen atoms in total. The van der Waals surface area contributed by atoms with Gasteiger partial charge in [-0.15, -0.1) is 0 Å². The summed E-state index contributed by atoms with van der Waals surface area (Å²) in [7, 11) is 0. The van der Waals surface area contributed by atoms with E-state index in [0.717, 1.165) is 12.1 Å². The summed E-state index contributed by atoms with van der Waals surface area (Å²) < 4.78 is 7.02. The highest BCUT2D eigenvalue weighted by atomic mass is 16.5. The Hall–Kier alpha value is -2.97. The van der Waals surface area contributed by atoms with Crippen LogP contribution in [0.25, 0.3) is 0 Å². The molecular weight excluding hydrogens is 494 g/mol. The average Bonchev–Trinajstić information content (AvgIpc) is 3.18. The SMILES string of the molecule is CC[C@@]12C=CCN(c3ccccc3)C(=O)[C@@H]1[C@H]1C(=O)N(CCCCCO)C3C(=O)N(C(C)(C)C)CC=C[C@@]31O2. The minimum absolute atomic E-state index is 0.0871. The lowest BCUT2D eigenvalue weighted by Crippen LogP contribution is -2.59. The molecule has 0 radical (unpaired) electrons. The zero-order valence-electron chi connectivity index (χ0n) is 23.5. The van der Waals surface area contributed by atoms with Gasteiger partial charge in [0, 0.05) is 37.5 Å². The Balaban J connectivity index is 1.63. The number of ether oxygens (including phenoxy) is 1. The van der Waals surface area contributed by atoms with E-state index in [-0.39, 0.29) is 24.3 Å². The third-order valence-corrected chi connectivity index (χ3v) is 8.87. The standard InChI is InChI=1S/C31H41N3O5/c1-5-30-16-12-19-32(22-14-8-6-9-15-22)26(36)23(30)24-27(37)33(18-10-7-11-21-35)25-28(38)34(29(2,3)4)20-13-17-31(24,25)39-30/h6,8-9,12-17,23-25,35H,5,7,10-11,18-21H2,1-4H3/t23-,24-,25?,30+,31-/m0/s1. The first-order valence-electron chi connectivity index (χ1n) is 14.3. The first kappa shape index (κ1) is 27.6. The largest absolute Gasteiger partial charge is 0.396 e. The summed E-state index contributed by atoms with van der Waals surface area (Å²) >= 11 is 0. The molecule has 0 aromatic heterocycles. The van der Waals surface area contributed by atoms with E-state index in [1.807, 2.05) is 87.2 Å². The number of carbonyl (C=O) groups is 3. The number of hydrogen-bond acceptors (Lipinski definition) is 5. The van der Waals surface area contributed by atoms with Crippen molar-refractivity contribution in [3.05, 3.63) is 54.6 Å². The topological polar surface area (TPSA) is 90.4 Å². The smallest absolute Gasteiger partial charge is 0.249 e. The minimum Gasteiger partial charge on any atom is -0.396 e. The summed E-state index contributed by atoms with van der Waals surface area (Å²) in [5, 5.41) is 9.27. The average molecular weight is 536 g/mol. The molecule has 2 fully saturated rings. The fourth-order valence-corrected chi connectivity index (χ4v) is 7.01. The van der Waals surface area contributed by atoms with Gasteiger partial charge in [0.1, 0.15) is 11.6 Å². The summed E-state index contributed by atoms with van der Waals surface area (Å²) in [4.78, 5) is 48.4. The number of para-hydroxylation sites is 1. The van der Waals surface area contributed by atoms with Crippen LogP contribution < -0.4 is 4.90 Å². The number of rotatable bonds is 7. The van der Waals surface area contributed by atoms with E-state index < -0.39 is 34.6 Å². The molecule has 3 amide bonds. The summed E-state index contributed by atoms with van der Waals surface area (Å²) in [6.07, 6.45) is 10.3. The number of aliphatic hydroxyl groups excluding tert-OH is 1. The van der Waals surface area contributed by atoms with Gasteiger partial charge in [-0.3, -0.25) is 14.4 Å². The van der Waals surface area contributed by atoms with Gasteiger partial charge in [-0.1, -0.05) is 49.4 Å². The fraction of sp³-hybridized carbons (Fsp3) is 0.581. The number of anilines is 1. The van der Waals surface area contributed by atoms with Crippen LogP contribution >= 0.6 is 0 Å². The van der Waals surface area contributed by atoms with Crippen molar-refractivity contribution in [2.45, 2.75) is 76.2 Å². The maximum Gasteiger partial charge on any atom is 0.249 e. The van der Waals surface area contributed by atoms with Gasteiger partial charge in [0.25, 0.3) is 0 Å². The third kappa shape index (κ3) is 4.32. The van der Waals surface area contributed by atoms with Crippen LogP contribution in [0, 0.1) is 11.8 Å². The molecule has 4 aliphatic rings. The first-order chi connectivity index (χ1) is 18.6. The Kier molecular flexibility index (Phi) is 7.22. The van der Waals surface area contributed by atoms with E-state index in [0.29, 0.717) is 38.9 Å². The van der Waals surface area contributed by atoms with E-state index in [1.54, 1.807) is 9.80 Å². The number of hydrogen-bond donors (Lipinski definition) is 1. The van der Waals surface area contributed by atoms with Crippen molar-refractivity contribution in [1.29, 1.82) is 0 Å². The van der Waals surface area contributed by atoms with Crippen molar-refractivity contribution >= 4 is 23.4 Å². The van der Waals surface area contributed by atoms with Crippen LogP contribution in [-0.2, 0) is 19.1 Å². The molecule has 5 rings (SSSR count). The molecule has 39 heavy (non-hydrogen) atoms. The number of aliphatic hydroxyl groups is 1. The molecule has 5 atom stereocenters. The van der Waals surface area contributed by atoms with Crippen molar-refractivity contribution < 1.29 is 24.2 Å². The molecular formula is C31H41N3O5. The van der Waals surface area contributed by atoms with Gasteiger partial charge < -0.3 is 24.5 Å². The van der Waals surface area contributed by atoms with Crippen LogP contribution in [0.4, 0.5) is 5.69 Å². The van der Waals surface area contributed by atoms with E-state index in [9.17, 15) is 19.5 Å². The summed E-state index contributed by atoms with van der Waals surface area (Å²) in [5.41, 5.74) is -1.92. The molecule has 4 heterocycles. The minimum atomic E-state index is -1.24. The first-order valence-corrected chi connectivity index (χ1v) is 14.3. The Morgan fingerprint density at radius 2 is 1.64 bits per heavy atom. The van der Waals surface area contributed by atoms with Gasteiger partial charge >= 0.3 is 0 Å². The number of fused-ring (bicyclic) bond motifs is 2. The Labute approximate surface area is 231 Å². The van der Waals surface area contributed by atoms with Crippen LogP contribution in [0.5, 0.6) is 0 Å². The number of likely N-dealkylation sites (tertiary alicyclic amines) is 1. The second kappa shape index (κ2) is 10.2. The van der Waals surface area contributed by atoms with Crippen molar-refractivity contribution in [1.82, 2.24) is 9.80 Å². The number of nitrogens with zero attached hydrogens (tertiary/aromatic N) is 3. The van der Waals surface area contributed by atoms with Gasteiger partial charge in [-0.05, 0) is 58.6 Å². The molecule has 0 saturated carbocycles. The lowest BCUT2D eigenvalue weighted by Gasteiger charge is -2.41. The second-order valence-electron chi connectivity index (χ2n) is 12.1. The molecule has 0 aliphatic carbocycles. The Bertz CT molecular complexity index is 1170. The zero-order chi connectivity index (χ0) is 28.0. The van der Waals surface area contributed by atoms with Gasteiger partial charge in [-0.25, -0.2) is 0 Å². The van der Waals surface area contributed by atoms with Crippen molar-refractivity contribution in [3.8, 4) is 0 Å². The zero-order valence-corrected chi connectivity index (χ0v) is 23.5. The van der Waals surface area contributed by atoms with Gasteiger partial charge in [-0.2, -0.15) is 0 Å². The maximum atomic E-state index is 14.4. The van der Waals surface area contributed by atoms with Crippen molar-refractivity contribution in [2.75, 3.05) is 31.1 Å². The van der Waals surface area contributed by atoms with Crippen LogP contribution in [0.15, 0.2) is 54.6 Å². The Morgan fingerprint density at radius 3 is 2.31 bits per heavy atom. The molecule has 2 saturated heterocycles. The van der Waals surface area contributed by atoms with Crippen LogP contribution in [0.1, 0.15) is 53.4 Å². The lowest BCUT2D eigenvalue weighted by atomic mass is 9.73. The van der Waals surface area contributed by atoms with E-state index in [4.69, 9.17) is 4.74 Å². The van der Waals surface area contributed by atoms with E-state index in [1.165, 1.54) is 0 Å². The van der Waals surface area contributed by atoms with Gasteiger partial charge in [0.2, 0.25) is 17.7 Å². The Morgan fingerprint density at radius 1 is 0.923 bits per heavy atom. The highest BCUT2D eigenvalue weighted by Crippen LogP contribution is 2.58. The summed E-state index contributed by atoms with van der Waals surface area (Å²) in [5.74, 6) is -2.08. The fourth-order valence-electron chi connectivity index (χ4n) is 7.01.